The predicted octanol–water partition coefficient (Wildman–Crippen LogP) is 4.18. The topological polar surface area (TPSA) is 100 Å². The second-order valence-corrected chi connectivity index (χ2v) is 7.13. The molecule has 0 saturated heterocycles. The Balaban J connectivity index is 2.25. The Labute approximate surface area is 174 Å². The van der Waals surface area contributed by atoms with Crippen LogP contribution in [-0.2, 0) is 0 Å². The fourth-order valence-corrected chi connectivity index (χ4v) is 3.80. The summed E-state index contributed by atoms with van der Waals surface area (Å²) in [4.78, 5) is 17.9. The summed E-state index contributed by atoms with van der Waals surface area (Å²) in [5, 5.41) is 1.64. The first-order valence-electron chi connectivity index (χ1n) is 9.60. The Hall–Kier alpha value is -3.64. The Morgan fingerprint density at radius 1 is 1.00 bits per heavy atom. The number of carbonyl (C=O) groups excluding carboxylic acids is 1. The van der Waals surface area contributed by atoms with Crippen LogP contribution in [0.15, 0.2) is 54.6 Å². The Morgan fingerprint density at radius 2 is 1.73 bits per heavy atom. The molecule has 152 valence electrons. The number of aromatic nitrogens is 1. The summed E-state index contributed by atoms with van der Waals surface area (Å²) in [6, 6.07) is 16.7. The molecule has 0 saturated carbocycles. The predicted molar refractivity (Wildman–Crippen MR) is 120 cm³/mol. The highest BCUT2D eigenvalue weighted by molar-refractivity contribution is 6.19. The second-order valence-electron chi connectivity index (χ2n) is 7.13. The number of nitrogens with two attached hydrogens (primary N) is 2. The smallest absolute Gasteiger partial charge is 0.183 e. The zero-order valence-electron chi connectivity index (χ0n) is 17.1. The molecule has 3 aromatic carbocycles. The van der Waals surface area contributed by atoms with Crippen LogP contribution in [0, 0.1) is 0 Å². The molecule has 0 aliphatic rings. The molecule has 4 N–H and O–H groups in total. The van der Waals surface area contributed by atoms with Crippen LogP contribution in [0.25, 0.3) is 32.9 Å². The number of rotatable bonds is 5. The molecule has 1 aromatic heterocycles. The van der Waals surface area contributed by atoms with Gasteiger partial charge in [0, 0.05) is 16.3 Å². The minimum atomic E-state index is -0.738. The van der Waals surface area contributed by atoms with E-state index in [1.54, 1.807) is 21.1 Å². The lowest BCUT2D eigenvalue weighted by Crippen LogP contribution is -2.28. The van der Waals surface area contributed by atoms with Crippen molar-refractivity contribution in [2.75, 3.05) is 20.0 Å². The number of nitrogens with zero attached hydrogens (tertiary/aromatic N) is 1. The van der Waals surface area contributed by atoms with E-state index in [-0.39, 0.29) is 17.0 Å². The molecule has 0 fully saturated rings. The number of methoxy groups -OCH3 is 2. The van der Waals surface area contributed by atoms with Crippen molar-refractivity contribution in [1.29, 1.82) is 0 Å². The van der Waals surface area contributed by atoms with Crippen molar-refractivity contribution in [3.05, 3.63) is 60.2 Å². The fourth-order valence-electron chi connectivity index (χ4n) is 3.80. The Morgan fingerprint density at radius 3 is 2.37 bits per heavy atom. The largest absolute Gasteiger partial charge is 0.494 e. The van der Waals surface area contributed by atoms with Gasteiger partial charge in [-0.1, -0.05) is 42.5 Å². The number of para-hydroxylation sites is 1. The van der Waals surface area contributed by atoms with E-state index in [2.05, 4.69) is 0 Å². The maximum Gasteiger partial charge on any atom is 0.183 e. The first kappa shape index (κ1) is 19.7. The molecule has 1 heterocycles. The standard InChI is InChI=1S/C24H23N3O3/c1-13(25)23(28)19-20(26)24(30-3)18(14-8-5-4-6-9-14)16-12-15-10-7-11-17(29-2)21(15)27-22(16)19/h4-13H,25-26H2,1-3H3/t13-/m0/s1. The number of hydrogen-bond acceptors (Lipinski definition) is 6. The lowest BCUT2D eigenvalue weighted by molar-refractivity contribution is 0.0970. The summed E-state index contributed by atoms with van der Waals surface area (Å²) in [5.74, 6) is 0.753. The van der Waals surface area contributed by atoms with E-state index < -0.39 is 6.04 Å². The van der Waals surface area contributed by atoms with Crippen molar-refractivity contribution in [3.63, 3.8) is 0 Å². The van der Waals surface area contributed by atoms with Gasteiger partial charge in [-0.05, 0) is 24.6 Å². The number of anilines is 1. The van der Waals surface area contributed by atoms with Crippen LogP contribution < -0.4 is 20.9 Å². The number of ketones is 1. The molecule has 0 amide bonds. The van der Waals surface area contributed by atoms with E-state index in [0.717, 1.165) is 21.9 Å². The normalized spacial score (nSPS) is 12.1. The van der Waals surface area contributed by atoms with E-state index >= 15 is 0 Å². The number of nitrogen functional groups attached to an aromatic ring is 1. The number of Topliss-reactive ketones (excluding diaryl/α,β-unsaturated/α-hetero) is 1. The third-order valence-electron chi connectivity index (χ3n) is 5.20. The van der Waals surface area contributed by atoms with E-state index in [4.69, 9.17) is 25.9 Å². The third kappa shape index (κ3) is 3.02. The molecule has 0 aliphatic heterocycles. The number of pyridine rings is 1. The van der Waals surface area contributed by atoms with Crippen molar-refractivity contribution >= 4 is 33.3 Å². The van der Waals surface area contributed by atoms with Gasteiger partial charge >= 0.3 is 0 Å². The zero-order valence-corrected chi connectivity index (χ0v) is 17.1. The Bertz CT molecular complexity index is 1270. The average Bonchev–Trinajstić information content (AvgIpc) is 2.76. The van der Waals surface area contributed by atoms with E-state index in [9.17, 15) is 4.79 Å². The van der Waals surface area contributed by atoms with Gasteiger partial charge in [0.1, 0.15) is 11.3 Å². The van der Waals surface area contributed by atoms with E-state index in [1.807, 2.05) is 54.6 Å². The molecule has 30 heavy (non-hydrogen) atoms. The molecule has 6 heteroatoms. The van der Waals surface area contributed by atoms with Gasteiger partial charge in [0.15, 0.2) is 11.5 Å². The second kappa shape index (κ2) is 7.65. The quantitative estimate of drug-likeness (QED) is 0.295. The van der Waals surface area contributed by atoms with Crippen molar-refractivity contribution in [2.45, 2.75) is 13.0 Å². The van der Waals surface area contributed by atoms with Crippen molar-refractivity contribution in [2.24, 2.45) is 5.73 Å². The van der Waals surface area contributed by atoms with Crippen LogP contribution in [0.2, 0.25) is 0 Å². The third-order valence-corrected chi connectivity index (χ3v) is 5.20. The van der Waals surface area contributed by atoms with Crippen molar-refractivity contribution < 1.29 is 14.3 Å². The number of carbonyl (C=O) groups is 1. The molecular formula is C24H23N3O3. The minimum absolute atomic E-state index is 0.230. The highest BCUT2D eigenvalue weighted by atomic mass is 16.5. The molecule has 6 nitrogen and oxygen atoms in total. The van der Waals surface area contributed by atoms with Crippen molar-refractivity contribution in [1.82, 2.24) is 4.98 Å². The summed E-state index contributed by atoms with van der Waals surface area (Å²) in [7, 11) is 3.13. The SMILES string of the molecule is COc1c(N)c(C(=O)[C@H](C)N)c2nc3c(OC)cccc3cc2c1-c1ccccc1. The summed E-state index contributed by atoms with van der Waals surface area (Å²) in [6.45, 7) is 1.63. The molecule has 4 rings (SSSR count). The van der Waals surface area contributed by atoms with Gasteiger partial charge in [-0.15, -0.1) is 0 Å². The number of hydrogen-bond donors (Lipinski definition) is 2. The zero-order chi connectivity index (χ0) is 21.4. The highest BCUT2D eigenvalue weighted by Gasteiger charge is 2.27. The van der Waals surface area contributed by atoms with Crippen LogP contribution in [0.3, 0.4) is 0 Å². The fraction of sp³-hybridized carbons (Fsp3) is 0.167. The van der Waals surface area contributed by atoms with Crippen molar-refractivity contribution in [3.8, 4) is 22.6 Å². The summed E-state index contributed by atoms with van der Waals surface area (Å²) >= 11 is 0. The first-order valence-corrected chi connectivity index (χ1v) is 9.60. The maximum absolute atomic E-state index is 13.1. The van der Waals surface area contributed by atoms with Crippen LogP contribution in [0.5, 0.6) is 11.5 Å². The van der Waals surface area contributed by atoms with E-state index in [0.29, 0.717) is 22.5 Å². The average molecular weight is 401 g/mol. The molecule has 0 radical (unpaired) electrons. The van der Waals surface area contributed by atoms with Crippen LogP contribution >= 0.6 is 0 Å². The van der Waals surface area contributed by atoms with Gasteiger partial charge < -0.3 is 20.9 Å². The van der Waals surface area contributed by atoms with Gasteiger partial charge in [-0.25, -0.2) is 4.98 Å². The molecule has 0 aliphatic carbocycles. The van der Waals surface area contributed by atoms with Gasteiger partial charge in [-0.3, -0.25) is 4.79 Å². The molecule has 0 unspecified atom stereocenters. The molecule has 4 aromatic rings. The molecule has 1 atom stereocenters. The van der Waals surface area contributed by atoms with Gasteiger partial charge in [0.05, 0.1) is 37.0 Å². The van der Waals surface area contributed by atoms with Gasteiger partial charge in [0.25, 0.3) is 0 Å². The first-order chi connectivity index (χ1) is 14.5. The maximum atomic E-state index is 13.1. The van der Waals surface area contributed by atoms with Gasteiger partial charge in [0.2, 0.25) is 0 Å². The molecule has 0 bridgehead atoms. The highest BCUT2D eigenvalue weighted by Crippen LogP contribution is 2.45. The summed E-state index contributed by atoms with van der Waals surface area (Å²) < 4.78 is 11.2. The van der Waals surface area contributed by atoms with Crippen LogP contribution in [0.1, 0.15) is 17.3 Å². The van der Waals surface area contributed by atoms with Gasteiger partial charge in [-0.2, -0.15) is 0 Å². The lowest BCUT2D eigenvalue weighted by atomic mass is 9.91. The summed E-state index contributed by atoms with van der Waals surface area (Å²) in [5.41, 5.74) is 15.7. The van der Waals surface area contributed by atoms with Crippen LogP contribution in [0.4, 0.5) is 5.69 Å². The number of benzene rings is 3. The molecule has 0 spiro atoms. The molecular weight excluding hydrogens is 378 g/mol. The Kier molecular flexibility index (Phi) is 5.01. The van der Waals surface area contributed by atoms with Crippen LogP contribution in [-0.4, -0.2) is 31.0 Å². The number of fused-ring (bicyclic) bond motifs is 2. The lowest BCUT2D eigenvalue weighted by Gasteiger charge is -2.20. The number of ether oxygens (including phenoxy) is 2. The van der Waals surface area contributed by atoms with E-state index in [1.165, 1.54) is 0 Å². The minimum Gasteiger partial charge on any atom is -0.494 e. The monoisotopic (exact) mass is 401 g/mol. The summed E-state index contributed by atoms with van der Waals surface area (Å²) in [6.07, 6.45) is 0.